The van der Waals surface area contributed by atoms with E-state index in [1.807, 2.05) is 6.07 Å². The van der Waals surface area contributed by atoms with Crippen LogP contribution >= 0.6 is 15.9 Å². The molecule has 0 aliphatic heterocycles. The molecule has 0 aromatic heterocycles. The van der Waals surface area contributed by atoms with Crippen LogP contribution in [-0.4, -0.2) is 6.54 Å². The summed E-state index contributed by atoms with van der Waals surface area (Å²) < 4.78 is 14.2. The lowest BCUT2D eigenvalue weighted by atomic mass is 9.68. The number of benzene rings is 1. The van der Waals surface area contributed by atoms with Gasteiger partial charge in [-0.2, -0.15) is 0 Å². The molecule has 1 nitrogen and oxygen atoms in total. The molecule has 3 heteroatoms. The minimum Gasteiger partial charge on any atom is -0.330 e. The van der Waals surface area contributed by atoms with Crippen molar-refractivity contribution in [2.45, 2.75) is 39.0 Å². The Hall–Kier alpha value is -0.410. The Labute approximate surface area is 117 Å². The van der Waals surface area contributed by atoms with Crippen LogP contribution in [0.2, 0.25) is 0 Å². The molecule has 1 aliphatic rings. The zero-order valence-electron chi connectivity index (χ0n) is 10.9. The molecule has 0 amide bonds. The minimum atomic E-state index is -0.171. The molecule has 0 unspecified atom stereocenters. The Balaban J connectivity index is 2.14. The van der Waals surface area contributed by atoms with Crippen LogP contribution in [0.5, 0.6) is 0 Å². The quantitative estimate of drug-likeness (QED) is 0.885. The van der Waals surface area contributed by atoms with Crippen molar-refractivity contribution in [2.24, 2.45) is 17.1 Å². The molecule has 1 aromatic carbocycles. The smallest absolute Gasteiger partial charge is 0.124 e. The van der Waals surface area contributed by atoms with Crippen molar-refractivity contribution >= 4 is 15.9 Å². The fourth-order valence-electron chi connectivity index (χ4n) is 2.97. The molecule has 1 fully saturated rings. The van der Waals surface area contributed by atoms with Crippen LogP contribution in [-0.2, 0) is 6.42 Å². The van der Waals surface area contributed by atoms with E-state index in [2.05, 4.69) is 22.9 Å². The molecule has 0 atom stereocenters. The first kappa shape index (κ1) is 14.0. The maximum Gasteiger partial charge on any atom is 0.124 e. The van der Waals surface area contributed by atoms with Gasteiger partial charge in [0.15, 0.2) is 0 Å². The summed E-state index contributed by atoms with van der Waals surface area (Å²) in [6.45, 7) is 3.01. The first-order chi connectivity index (χ1) is 8.53. The number of hydrogen-bond donors (Lipinski definition) is 1. The second kappa shape index (κ2) is 5.70. The summed E-state index contributed by atoms with van der Waals surface area (Å²) in [6.07, 6.45) is 5.71. The average molecular weight is 314 g/mol. The first-order valence-electron chi connectivity index (χ1n) is 6.68. The van der Waals surface area contributed by atoms with Gasteiger partial charge >= 0.3 is 0 Å². The summed E-state index contributed by atoms with van der Waals surface area (Å²) in [6, 6.07) is 5.15. The fraction of sp³-hybridized carbons (Fsp3) is 0.600. The van der Waals surface area contributed by atoms with E-state index in [1.165, 1.54) is 31.7 Å². The van der Waals surface area contributed by atoms with E-state index in [-0.39, 0.29) is 11.2 Å². The summed E-state index contributed by atoms with van der Waals surface area (Å²) in [7, 11) is 0. The summed E-state index contributed by atoms with van der Waals surface area (Å²) in [5, 5.41) is 0. The molecule has 0 radical (unpaired) electrons. The van der Waals surface area contributed by atoms with Crippen molar-refractivity contribution in [3.8, 4) is 0 Å². The van der Waals surface area contributed by atoms with Crippen molar-refractivity contribution in [3.63, 3.8) is 0 Å². The SMILES string of the molecule is CC1CCC(CN)(Cc2cc(F)cc(Br)c2)CC1. The van der Waals surface area contributed by atoms with Crippen LogP contribution in [0.25, 0.3) is 0 Å². The second-order valence-electron chi connectivity index (χ2n) is 5.84. The first-order valence-corrected chi connectivity index (χ1v) is 7.47. The van der Waals surface area contributed by atoms with Crippen molar-refractivity contribution < 1.29 is 4.39 Å². The van der Waals surface area contributed by atoms with Gasteiger partial charge in [0.25, 0.3) is 0 Å². The van der Waals surface area contributed by atoms with Crippen LogP contribution in [0.4, 0.5) is 4.39 Å². The summed E-state index contributed by atoms with van der Waals surface area (Å²) in [5.41, 5.74) is 7.24. The lowest BCUT2D eigenvalue weighted by Gasteiger charge is -2.39. The number of rotatable bonds is 3. The molecule has 100 valence electrons. The van der Waals surface area contributed by atoms with Gasteiger partial charge in [-0.15, -0.1) is 0 Å². The molecule has 1 aromatic rings. The van der Waals surface area contributed by atoms with Crippen molar-refractivity contribution in [2.75, 3.05) is 6.54 Å². The van der Waals surface area contributed by atoms with Crippen LogP contribution < -0.4 is 5.73 Å². The lowest BCUT2D eigenvalue weighted by Crippen LogP contribution is -2.36. The van der Waals surface area contributed by atoms with Crippen LogP contribution in [0, 0.1) is 17.2 Å². The van der Waals surface area contributed by atoms with Gasteiger partial charge in [0.05, 0.1) is 0 Å². The fourth-order valence-corrected chi connectivity index (χ4v) is 3.49. The third-order valence-corrected chi connectivity index (χ3v) is 4.73. The van der Waals surface area contributed by atoms with Gasteiger partial charge in [-0.3, -0.25) is 0 Å². The maximum atomic E-state index is 13.4. The molecular formula is C15H21BrFN. The number of halogens is 2. The van der Waals surface area contributed by atoms with E-state index in [9.17, 15) is 4.39 Å². The Kier molecular flexibility index (Phi) is 4.44. The van der Waals surface area contributed by atoms with Gasteiger partial charge < -0.3 is 5.73 Å². The van der Waals surface area contributed by atoms with Gasteiger partial charge in [0.2, 0.25) is 0 Å². The van der Waals surface area contributed by atoms with Crippen LogP contribution in [0.15, 0.2) is 22.7 Å². The molecule has 0 saturated heterocycles. The highest BCUT2D eigenvalue weighted by Crippen LogP contribution is 2.40. The zero-order chi connectivity index (χ0) is 13.2. The monoisotopic (exact) mass is 313 g/mol. The predicted molar refractivity (Wildman–Crippen MR) is 76.9 cm³/mol. The van der Waals surface area contributed by atoms with Gasteiger partial charge in [-0.1, -0.05) is 35.7 Å². The van der Waals surface area contributed by atoms with Gasteiger partial charge in [0.1, 0.15) is 5.82 Å². The highest BCUT2D eigenvalue weighted by molar-refractivity contribution is 9.10. The third kappa shape index (κ3) is 3.33. The largest absolute Gasteiger partial charge is 0.330 e. The average Bonchev–Trinajstić information content (AvgIpc) is 2.31. The van der Waals surface area contributed by atoms with Crippen molar-refractivity contribution in [1.82, 2.24) is 0 Å². The number of nitrogens with two attached hydrogens (primary N) is 1. The van der Waals surface area contributed by atoms with E-state index in [0.717, 1.165) is 22.4 Å². The van der Waals surface area contributed by atoms with Crippen molar-refractivity contribution in [3.05, 3.63) is 34.1 Å². The molecule has 1 saturated carbocycles. The minimum absolute atomic E-state index is 0.171. The van der Waals surface area contributed by atoms with E-state index in [1.54, 1.807) is 6.07 Å². The highest BCUT2D eigenvalue weighted by atomic mass is 79.9. The highest BCUT2D eigenvalue weighted by Gasteiger charge is 2.33. The molecule has 18 heavy (non-hydrogen) atoms. The van der Waals surface area contributed by atoms with Crippen LogP contribution in [0.1, 0.15) is 38.2 Å². The van der Waals surface area contributed by atoms with Gasteiger partial charge in [-0.25, -0.2) is 4.39 Å². The van der Waals surface area contributed by atoms with Gasteiger partial charge in [-0.05, 0) is 60.9 Å². The van der Waals surface area contributed by atoms with E-state index >= 15 is 0 Å². The van der Waals surface area contributed by atoms with E-state index in [4.69, 9.17) is 5.73 Å². The lowest BCUT2D eigenvalue weighted by molar-refractivity contribution is 0.163. The van der Waals surface area contributed by atoms with E-state index in [0.29, 0.717) is 6.54 Å². The second-order valence-corrected chi connectivity index (χ2v) is 6.76. The van der Waals surface area contributed by atoms with Crippen molar-refractivity contribution in [1.29, 1.82) is 0 Å². The molecule has 1 aliphatic carbocycles. The number of hydrogen-bond acceptors (Lipinski definition) is 1. The summed E-state index contributed by atoms with van der Waals surface area (Å²) in [4.78, 5) is 0. The molecule has 2 N–H and O–H groups in total. The zero-order valence-corrected chi connectivity index (χ0v) is 12.5. The predicted octanol–water partition coefficient (Wildman–Crippen LogP) is 4.29. The maximum absolute atomic E-state index is 13.4. The molecule has 0 bridgehead atoms. The Bertz CT molecular complexity index is 391. The van der Waals surface area contributed by atoms with E-state index < -0.39 is 0 Å². The Morgan fingerprint density at radius 2 is 2.00 bits per heavy atom. The molecular weight excluding hydrogens is 293 g/mol. The summed E-state index contributed by atoms with van der Waals surface area (Å²) in [5.74, 6) is 0.639. The molecule has 0 heterocycles. The standard InChI is InChI=1S/C15H21BrFN/c1-11-2-4-15(10-18,5-3-11)9-12-6-13(16)8-14(17)7-12/h6-8,11H,2-5,9-10,18H2,1H3. The van der Waals surface area contributed by atoms with Gasteiger partial charge in [0, 0.05) is 4.47 Å². The topological polar surface area (TPSA) is 26.0 Å². The third-order valence-electron chi connectivity index (χ3n) is 4.27. The van der Waals surface area contributed by atoms with Crippen LogP contribution in [0.3, 0.4) is 0 Å². The molecule has 2 rings (SSSR count). The molecule has 0 spiro atoms. The summed E-state index contributed by atoms with van der Waals surface area (Å²) >= 11 is 3.36. The Morgan fingerprint density at radius 3 is 2.56 bits per heavy atom. The Morgan fingerprint density at radius 1 is 1.33 bits per heavy atom. The normalized spacial score (nSPS) is 28.3.